The molecule has 0 unspecified atom stereocenters. The van der Waals surface area contributed by atoms with Crippen LogP contribution in [-0.2, 0) is 16.1 Å². The van der Waals surface area contributed by atoms with Crippen molar-refractivity contribution < 1.29 is 28.0 Å². The lowest BCUT2D eigenvalue weighted by atomic mass is 9.92. The van der Waals surface area contributed by atoms with Crippen LogP contribution in [0.1, 0.15) is 37.8 Å². The minimum Gasteiger partial charge on any atom is -0.350 e. The largest absolute Gasteiger partial charge is 0.350 e. The Morgan fingerprint density at radius 1 is 1.37 bits per heavy atom. The van der Waals surface area contributed by atoms with Gasteiger partial charge in [0, 0.05) is 0 Å². The van der Waals surface area contributed by atoms with Crippen LogP contribution < -0.4 is 10.2 Å². The number of carbonyl (C=O) groups is 2. The third-order valence-electron chi connectivity index (χ3n) is 5.44. The smallest absolute Gasteiger partial charge is 0.282 e. The third-order valence-corrected chi connectivity index (χ3v) is 5.61. The summed E-state index contributed by atoms with van der Waals surface area (Å²) in [7, 11) is 0. The van der Waals surface area contributed by atoms with E-state index in [1.54, 1.807) is 0 Å². The molecule has 1 aliphatic carbocycles. The maximum Gasteiger partial charge on any atom is 0.282 e. The van der Waals surface area contributed by atoms with Crippen molar-refractivity contribution in [2.24, 2.45) is 11.8 Å². The van der Waals surface area contributed by atoms with Crippen LogP contribution >= 0.6 is 11.6 Å². The molecule has 0 spiro atoms. The molecular weight excluding hydrogens is 427 g/mol. The van der Waals surface area contributed by atoms with Gasteiger partial charge in [0.15, 0.2) is 11.6 Å². The highest BCUT2D eigenvalue weighted by Gasteiger charge is 2.45. The minimum atomic E-state index is -2.92. The first-order valence-corrected chi connectivity index (χ1v) is 10.1. The number of nitrogens with one attached hydrogen (secondary N) is 1. The molecule has 1 aliphatic heterocycles. The molecule has 2 fully saturated rings. The second-order valence-corrected chi connectivity index (χ2v) is 8.16. The molecule has 0 radical (unpaired) electrons. The van der Waals surface area contributed by atoms with E-state index in [-0.39, 0.29) is 36.3 Å². The van der Waals surface area contributed by atoms with Crippen molar-refractivity contribution in [2.75, 3.05) is 24.5 Å². The highest BCUT2D eigenvalue weighted by atomic mass is 35.5. The molecule has 2 amide bonds. The molecule has 1 aromatic heterocycles. The predicted molar refractivity (Wildman–Crippen MR) is 101 cm³/mol. The maximum absolute atomic E-state index is 14.7. The summed E-state index contributed by atoms with van der Waals surface area (Å²) < 4.78 is 40.9. The predicted octanol–water partition coefficient (Wildman–Crippen LogP) is 2.38. The molecule has 0 bridgehead atoms. The van der Waals surface area contributed by atoms with Crippen LogP contribution in [0.4, 0.5) is 19.0 Å². The first kappa shape index (κ1) is 22.5. The second kappa shape index (κ2) is 9.34. The van der Waals surface area contributed by atoms with E-state index in [0.717, 1.165) is 30.6 Å². The van der Waals surface area contributed by atoms with Crippen LogP contribution in [0.25, 0.3) is 0 Å². The number of anilines is 1. The standard InChI is InChI=1S/C18H23ClF3N5O3/c19-17-24-13(14(20)15(25-17)26-8-18(21,22)9-26)6-23-16(29)12(7-27(30)10-28)5-11-3-1-2-4-11/h10-12,30H,1-9H2,(H,23,29)/t12-/m1/s1. The van der Waals surface area contributed by atoms with Gasteiger partial charge in [-0.05, 0) is 23.9 Å². The zero-order chi connectivity index (χ0) is 21.9. The van der Waals surface area contributed by atoms with Crippen LogP contribution in [0, 0.1) is 17.7 Å². The fourth-order valence-electron chi connectivity index (χ4n) is 3.94. The van der Waals surface area contributed by atoms with Gasteiger partial charge in [0.1, 0.15) is 5.69 Å². The van der Waals surface area contributed by atoms with Gasteiger partial charge < -0.3 is 10.2 Å². The quantitative estimate of drug-likeness (QED) is 0.260. The summed E-state index contributed by atoms with van der Waals surface area (Å²) >= 11 is 5.80. The molecule has 166 valence electrons. The van der Waals surface area contributed by atoms with Crippen LogP contribution in [0.3, 0.4) is 0 Å². The molecular formula is C18H23ClF3N5O3. The zero-order valence-corrected chi connectivity index (χ0v) is 16.9. The van der Waals surface area contributed by atoms with Crippen LogP contribution in [-0.4, -0.2) is 58.1 Å². The fraction of sp³-hybridized carbons (Fsp3) is 0.667. The van der Waals surface area contributed by atoms with Gasteiger partial charge >= 0.3 is 0 Å². The SMILES string of the molecule is O=CN(O)C[C@@H](CC1CCCC1)C(=O)NCc1nc(Cl)nc(N2CC(F)(F)C2)c1F. The second-order valence-electron chi connectivity index (χ2n) is 7.82. The van der Waals surface area contributed by atoms with Crippen molar-refractivity contribution in [2.45, 2.75) is 44.6 Å². The van der Waals surface area contributed by atoms with Gasteiger partial charge in [-0.1, -0.05) is 25.7 Å². The molecule has 1 aromatic rings. The lowest BCUT2D eigenvalue weighted by Crippen LogP contribution is -2.57. The van der Waals surface area contributed by atoms with E-state index in [0.29, 0.717) is 17.4 Å². The number of alkyl halides is 2. The van der Waals surface area contributed by atoms with E-state index in [9.17, 15) is 28.0 Å². The Labute approximate surface area is 176 Å². The number of hydrogen-bond acceptors (Lipinski definition) is 6. The maximum atomic E-state index is 14.7. The van der Waals surface area contributed by atoms with Crippen molar-refractivity contribution >= 4 is 29.7 Å². The van der Waals surface area contributed by atoms with Gasteiger partial charge in [-0.15, -0.1) is 0 Å². The molecule has 2 N–H and O–H groups in total. The summed E-state index contributed by atoms with van der Waals surface area (Å²) in [6.07, 6.45) is 4.77. The molecule has 2 heterocycles. The van der Waals surface area contributed by atoms with Crippen LogP contribution in [0.15, 0.2) is 0 Å². The number of amides is 2. The molecule has 2 aliphatic rings. The van der Waals surface area contributed by atoms with Gasteiger partial charge in [0.2, 0.25) is 17.6 Å². The van der Waals surface area contributed by atoms with Crippen molar-refractivity contribution in [3.8, 4) is 0 Å². The number of aromatic nitrogens is 2. The van der Waals surface area contributed by atoms with Gasteiger partial charge in [-0.3, -0.25) is 14.8 Å². The summed E-state index contributed by atoms with van der Waals surface area (Å²) in [6, 6.07) is 0. The number of halogens is 4. The van der Waals surface area contributed by atoms with E-state index in [4.69, 9.17) is 11.6 Å². The first-order valence-electron chi connectivity index (χ1n) is 9.71. The Balaban J connectivity index is 1.66. The number of hydroxylamine groups is 2. The topological polar surface area (TPSA) is 98.7 Å². The zero-order valence-electron chi connectivity index (χ0n) is 16.2. The Morgan fingerprint density at radius 3 is 2.63 bits per heavy atom. The highest BCUT2D eigenvalue weighted by molar-refractivity contribution is 6.28. The molecule has 8 nitrogen and oxygen atoms in total. The summed E-state index contributed by atoms with van der Waals surface area (Å²) in [4.78, 5) is 31.9. The lowest BCUT2D eigenvalue weighted by molar-refractivity contribution is -0.155. The van der Waals surface area contributed by atoms with E-state index in [1.807, 2.05) is 0 Å². The van der Waals surface area contributed by atoms with Crippen molar-refractivity contribution in [1.29, 1.82) is 0 Å². The van der Waals surface area contributed by atoms with Crippen molar-refractivity contribution in [1.82, 2.24) is 20.3 Å². The van der Waals surface area contributed by atoms with Crippen molar-refractivity contribution in [3.63, 3.8) is 0 Å². The lowest BCUT2D eigenvalue weighted by Gasteiger charge is -2.39. The molecule has 30 heavy (non-hydrogen) atoms. The number of hydrogen-bond donors (Lipinski definition) is 2. The normalized spacial score (nSPS) is 19.3. The minimum absolute atomic E-state index is 0.188. The van der Waals surface area contributed by atoms with Gasteiger partial charge in [-0.2, -0.15) is 4.98 Å². The van der Waals surface area contributed by atoms with Crippen LogP contribution in [0.2, 0.25) is 5.28 Å². The molecule has 3 rings (SSSR count). The van der Waals surface area contributed by atoms with Gasteiger partial charge in [0.25, 0.3) is 5.92 Å². The van der Waals surface area contributed by atoms with E-state index in [2.05, 4.69) is 15.3 Å². The van der Waals surface area contributed by atoms with Gasteiger partial charge in [-0.25, -0.2) is 23.2 Å². The third kappa shape index (κ3) is 5.51. The Morgan fingerprint density at radius 2 is 2.03 bits per heavy atom. The van der Waals surface area contributed by atoms with E-state index < -0.39 is 36.7 Å². The fourth-order valence-corrected chi connectivity index (χ4v) is 4.12. The molecule has 0 aromatic carbocycles. The van der Waals surface area contributed by atoms with Crippen molar-refractivity contribution in [3.05, 3.63) is 16.8 Å². The van der Waals surface area contributed by atoms with E-state index in [1.165, 1.54) is 0 Å². The van der Waals surface area contributed by atoms with E-state index >= 15 is 0 Å². The average Bonchev–Trinajstić information content (AvgIpc) is 3.18. The summed E-state index contributed by atoms with van der Waals surface area (Å²) in [5.74, 6) is -5.04. The summed E-state index contributed by atoms with van der Waals surface area (Å²) in [5.41, 5.74) is -0.232. The van der Waals surface area contributed by atoms with Crippen LogP contribution in [0.5, 0.6) is 0 Å². The average molecular weight is 450 g/mol. The first-order chi connectivity index (χ1) is 14.2. The Kier molecular flexibility index (Phi) is 7.02. The Bertz CT molecular complexity index is 787. The van der Waals surface area contributed by atoms with Gasteiger partial charge in [0.05, 0.1) is 32.1 Å². The number of rotatable bonds is 9. The molecule has 1 atom stereocenters. The molecule has 1 saturated carbocycles. The number of nitrogens with zero attached hydrogens (tertiary/aromatic N) is 4. The summed E-state index contributed by atoms with van der Waals surface area (Å²) in [5, 5.41) is 12.1. The molecule has 12 heteroatoms. The highest BCUT2D eigenvalue weighted by Crippen LogP contribution is 2.33. The summed E-state index contributed by atoms with van der Waals surface area (Å²) in [6.45, 7) is -1.88. The number of carbonyl (C=O) groups excluding carboxylic acids is 2. The molecule has 1 saturated heterocycles. The monoisotopic (exact) mass is 449 g/mol. The Hall–Kier alpha value is -2.14.